The highest BCUT2D eigenvalue weighted by Gasteiger charge is 2.53. The minimum absolute atomic E-state index is 0.0328. The van der Waals surface area contributed by atoms with Gasteiger partial charge in [-0.25, -0.2) is 0 Å². The summed E-state index contributed by atoms with van der Waals surface area (Å²) in [6.07, 6.45) is -6.48. The van der Waals surface area contributed by atoms with Crippen LogP contribution in [0.1, 0.15) is 101 Å². The molecule has 2 fully saturated rings. The largest absolute Gasteiger partial charge is 0.507 e. The zero-order chi connectivity index (χ0) is 36.4. The minimum Gasteiger partial charge on any atom is -0.507 e. The molecule has 0 aromatic heterocycles. The van der Waals surface area contributed by atoms with Crippen molar-refractivity contribution in [1.82, 2.24) is 4.90 Å². The van der Waals surface area contributed by atoms with Crippen LogP contribution in [-0.2, 0) is 28.5 Å². The second-order valence-electron chi connectivity index (χ2n) is 14.0. The van der Waals surface area contributed by atoms with E-state index in [9.17, 15) is 39.9 Å². The van der Waals surface area contributed by atoms with Crippen molar-refractivity contribution in [3.63, 3.8) is 0 Å². The molecule has 2 aliphatic carbocycles. The third kappa shape index (κ3) is 6.01. The van der Waals surface area contributed by atoms with Gasteiger partial charge in [-0.05, 0) is 52.1 Å². The lowest BCUT2D eigenvalue weighted by Gasteiger charge is -2.48. The van der Waals surface area contributed by atoms with E-state index in [1.807, 2.05) is 19.0 Å². The molecule has 4 aliphatic rings. The van der Waals surface area contributed by atoms with Gasteiger partial charge in [0.15, 0.2) is 18.4 Å². The second kappa shape index (κ2) is 13.6. The van der Waals surface area contributed by atoms with E-state index in [0.717, 1.165) is 0 Å². The molecule has 0 saturated carbocycles. The predicted octanol–water partition coefficient (Wildman–Crippen LogP) is 2.04. The number of hydrogen-bond donors (Lipinski definition) is 5. The van der Waals surface area contributed by atoms with Crippen LogP contribution >= 0.6 is 0 Å². The maximum Gasteiger partial charge on any atom is 0.316 e. The standard InChI is InChI=1S/C36H45NO13/c1-7-36(45)14-23(49-24-12-20(37(4)5)34(16(3)48-24)50-25-13-22(39)30(40)15(2)47-25)27-18(29(36)35(44)46-6)11-19-28(33(27)43)32(42)26-17(31(19)41)9-8-10-21(26)38/h8-11,15-16,20,22-25,29-30,34,38-40,43,45H,7,12-14H2,1-6H3/t15-,16-,20+,22+,23+,24-,25-,29+,30+,34+,36-/m1/s1. The van der Waals surface area contributed by atoms with Crippen LogP contribution in [0.5, 0.6) is 11.5 Å². The van der Waals surface area contributed by atoms with Crippen LogP contribution in [0.15, 0.2) is 24.3 Å². The van der Waals surface area contributed by atoms with Gasteiger partial charge >= 0.3 is 5.97 Å². The Morgan fingerprint density at radius 1 is 0.980 bits per heavy atom. The van der Waals surface area contributed by atoms with Crippen LogP contribution in [0.3, 0.4) is 0 Å². The number of likely N-dealkylation sites (N-methyl/N-ethyl adjacent to an activating group) is 1. The quantitative estimate of drug-likeness (QED) is 0.224. The molecule has 2 aromatic rings. The second-order valence-corrected chi connectivity index (χ2v) is 14.0. The van der Waals surface area contributed by atoms with Crippen molar-refractivity contribution in [2.24, 2.45) is 0 Å². The van der Waals surface area contributed by atoms with Gasteiger partial charge in [-0.3, -0.25) is 14.4 Å². The fourth-order valence-electron chi connectivity index (χ4n) is 7.97. The summed E-state index contributed by atoms with van der Waals surface area (Å²) in [4.78, 5) is 42.8. The molecule has 0 unspecified atom stereocenters. The molecule has 0 radical (unpaired) electrons. The van der Waals surface area contributed by atoms with Gasteiger partial charge in [0, 0.05) is 42.0 Å². The highest BCUT2D eigenvalue weighted by atomic mass is 16.7. The number of carbonyl (C=O) groups excluding carboxylic acids is 3. The van der Waals surface area contributed by atoms with E-state index in [1.54, 1.807) is 20.8 Å². The van der Waals surface area contributed by atoms with E-state index in [-0.39, 0.29) is 65.1 Å². The summed E-state index contributed by atoms with van der Waals surface area (Å²) in [7, 11) is 4.89. The van der Waals surface area contributed by atoms with Crippen molar-refractivity contribution in [1.29, 1.82) is 0 Å². The average Bonchev–Trinajstić information content (AvgIpc) is 3.06. The molecule has 6 rings (SSSR count). The number of aliphatic hydroxyl groups excluding tert-OH is 2. The number of aromatic hydroxyl groups is 2. The maximum atomic E-state index is 13.8. The first-order valence-corrected chi connectivity index (χ1v) is 16.9. The lowest BCUT2D eigenvalue weighted by Crippen LogP contribution is -2.57. The van der Waals surface area contributed by atoms with E-state index in [0.29, 0.717) is 0 Å². The van der Waals surface area contributed by atoms with E-state index in [2.05, 4.69) is 0 Å². The number of aliphatic hydroxyl groups is 3. The Hall–Kier alpha value is -3.47. The van der Waals surface area contributed by atoms with Crippen LogP contribution in [0.2, 0.25) is 0 Å². The van der Waals surface area contributed by atoms with E-state index >= 15 is 0 Å². The van der Waals surface area contributed by atoms with Crippen molar-refractivity contribution < 1.29 is 63.6 Å². The Bertz CT molecular complexity index is 1670. The summed E-state index contributed by atoms with van der Waals surface area (Å²) in [5.74, 6) is -4.56. The fraction of sp³-hybridized carbons (Fsp3) is 0.583. The van der Waals surface area contributed by atoms with Gasteiger partial charge in [-0.15, -0.1) is 0 Å². The van der Waals surface area contributed by atoms with Gasteiger partial charge in [0.2, 0.25) is 5.78 Å². The zero-order valence-electron chi connectivity index (χ0n) is 28.9. The van der Waals surface area contributed by atoms with Crippen LogP contribution in [0.4, 0.5) is 0 Å². The highest BCUT2D eigenvalue weighted by molar-refractivity contribution is 6.30. The molecule has 2 aromatic carbocycles. The summed E-state index contributed by atoms with van der Waals surface area (Å²) < 4.78 is 30.1. The van der Waals surface area contributed by atoms with E-state index in [4.69, 9.17) is 23.7 Å². The Morgan fingerprint density at radius 3 is 2.30 bits per heavy atom. The number of hydrogen-bond acceptors (Lipinski definition) is 14. The Kier molecular flexibility index (Phi) is 9.87. The number of esters is 1. The topological polar surface area (TPSA) is 202 Å². The lowest BCUT2D eigenvalue weighted by atomic mass is 9.67. The number of ether oxygens (including phenoxy) is 5. The van der Waals surface area contributed by atoms with Gasteiger partial charge < -0.3 is 54.1 Å². The predicted molar refractivity (Wildman–Crippen MR) is 174 cm³/mol. The first-order valence-electron chi connectivity index (χ1n) is 16.9. The smallest absolute Gasteiger partial charge is 0.316 e. The average molecular weight is 700 g/mol. The molecule has 0 spiro atoms. The van der Waals surface area contributed by atoms with Crippen LogP contribution in [-0.4, -0.2) is 124 Å². The molecule has 0 bridgehead atoms. The van der Waals surface area contributed by atoms with Crippen LogP contribution < -0.4 is 0 Å². The number of rotatable bonds is 7. The van der Waals surface area contributed by atoms with Crippen molar-refractivity contribution in [3.8, 4) is 11.5 Å². The van der Waals surface area contributed by atoms with Gasteiger partial charge in [0.1, 0.15) is 29.6 Å². The fourth-order valence-corrected chi connectivity index (χ4v) is 7.97. The minimum atomic E-state index is -1.74. The van der Waals surface area contributed by atoms with Crippen molar-refractivity contribution >= 4 is 17.5 Å². The molecule has 14 heteroatoms. The molecule has 50 heavy (non-hydrogen) atoms. The van der Waals surface area contributed by atoms with Crippen LogP contribution in [0, 0.1) is 0 Å². The number of phenolic OH excluding ortho intramolecular Hbond substituents is 2. The van der Waals surface area contributed by atoms with E-state index < -0.39 is 89.8 Å². The van der Waals surface area contributed by atoms with Crippen LogP contribution in [0.25, 0.3) is 0 Å². The Morgan fingerprint density at radius 2 is 1.66 bits per heavy atom. The highest BCUT2D eigenvalue weighted by Crippen LogP contribution is 2.54. The zero-order valence-corrected chi connectivity index (χ0v) is 28.9. The molecule has 11 atom stereocenters. The monoisotopic (exact) mass is 699 g/mol. The van der Waals surface area contributed by atoms with Gasteiger partial charge in [-0.1, -0.05) is 19.1 Å². The van der Waals surface area contributed by atoms with E-state index in [1.165, 1.54) is 31.4 Å². The number of nitrogens with zero attached hydrogens (tertiary/aromatic N) is 1. The SMILES string of the molecule is CC[C@@]1(O)C[C@H](O[C@@H]2C[C@H](N(C)C)[C@@H](O[C@@H]3C[C@H](O)[C@@H](O)[C@@H](C)O3)[C@@H](C)O2)c2c(cc3c(c2O)C(=O)c2c(O)cccc2C3=O)[C@H]1C(=O)OC. The van der Waals surface area contributed by atoms with Crippen molar-refractivity contribution in [2.45, 2.75) is 113 Å². The molecule has 2 aliphatic heterocycles. The number of carbonyl (C=O) groups is 3. The normalized spacial score (nSPS) is 35.3. The molecule has 14 nitrogen and oxygen atoms in total. The number of fused-ring (bicyclic) bond motifs is 3. The first-order chi connectivity index (χ1) is 23.6. The third-order valence-electron chi connectivity index (χ3n) is 10.7. The molecule has 5 N–H and O–H groups in total. The molecule has 272 valence electrons. The molecule has 2 heterocycles. The summed E-state index contributed by atoms with van der Waals surface area (Å²) in [6, 6.07) is 5.13. The first kappa shape index (κ1) is 36.3. The summed E-state index contributed by atoms with van der Waals surface area (Å²) in [5, 5.41) is 54.9. The molecular weight excluding hydrogens is 654 g/mol. The molecule has 2 saturated heterocycles. The van der Waals surface area contributed by atoms with Gasteiger partial charge in [0.05, 0.1) is 48.3 Å². The van der Waals surface area contributed by atoms with Crippen molar-refractivity contribution in [3.05, 3.63) is 57.6 Å². The summed E-state index contributed by atoms with van der Waals surface area (Å²) >= 11 is 0. The summed E-state index contributed by atoms with van der Waals surface area (Å²) in [6.45, 7) is 5.14. The summed E-state index contributed by atoms with van der Waals surface area (Å²) in [5.41, 5.74) is -2.44. The number of benzene rings is 2. The Labute approximate surface area is 289 Å². The number of methoxy groups -OCH3 is 1. The maximum absolute atomic E-state index is 13.8. The lowest BCUT2D eigenvalue weighted by molar-refractivity contribution is -0.310. The number of phenols is 2. The molecule has 0 amide bonds. The van der Waals surface area contributed by atoms with Crippen molar-refractivity contribution in [2.75, 3.05) is 21.2 Å². The van der Waals surface area contributed by atoms with Gasteiger partial charge in [-0.2, -0.15) is 0 Å². The number of ketones is 2. The Balaban J connectivity index is 1.37. The third-order valence-corrected chi connectivity index (χ3v) is 10.7. The molecular formula is C36H45NO13. The van der Waals surface area contributed by atoms with Gasteiger partial charge in [0.25, 0.3) is 0 Å².